The molecule has 0 radical (unpaired) electrons. The number of rotatable bonds is 3. The van der Waals surface area contributed by atoms with Crippen molar-refractivity contribution in [1.29, 1.82) is 0 Å². The lowest BCUT2D eigenvalue weighted by Crippen LogP contribution is -2.39. The van der Waals surface area contributed by atoms with Crippen LogP contribution >= 0.6 is 0 Å². The predicted octanol–water partition coefficient (Wildman–Crippen LogP) is 3.28. The number of nitrogens with zero attached hydrogens (tertiary/aromatic N) is 6. The van der Waals surface area contributed by atoms with Crippen molar-refractivity contribution in [2.24, 2.45) is 0 Å². The summed E-state index contributed by atoms with van der Waals surface area (Å²) in [5.74, 6) is -1.29. The Kier molecular flexibility index (Phi) is 4.29. The number of hydrogen-bond acceptors (Lipinski definition) is 6. The molecule has 0 atom stereocenters. The SMILES string of the molecule is Cc1nc(-c2cccc(-c3cn4nc(N(C)C(=O)C(F)(F)F)ccc4n3)c2)no1. The molecule has 8 nitrogen and oxygen atoms in total. The van der Waals surface area contributed by atoms with Crippen molar-refractivity contribution in [2.45, 2.75) is 13.1 Å². The van der Waals surface area contributed by atoms with Crippen molar-refractivity contribution in [3.63, 3.8) is 0 Å². The Morgan fingerprint density at radius 1 is 1.14 bits per heavy atom. The van der Waals surface area contributed by atoms with E-state index in [1.54, 1.807) is 19.2 Å². The van der Waals surface area contributed by atoms with Crippen molar-refractivity contribution in [1.82, 2.24) is 24.7 Å². The summed E-state index contributed by atoms with van der Waals surface area (Å²) in [6.07, 6.45) is -3.43. The van der Waals surface area contributed by atoms with Crippen LogP contribution in [0.25, 0.3) is 28.3 Å². The van der Waals surface area contributed by atoms with Crippen LogP contribution in [0.15, 0.2) is 47.1 Å². The highest BCUT2D eigenvalue weighted by atomic mass is 19.4. The number of fused-ring (bicyclic) bond motifs is 1. The van der Waals surface area contributed by atoms with Crippen LogP contribution in [0, 0.1) is 6.92 Å². The van der Waals surface area contributed by atoms with E-state index in [2.05, 4.69) is 20.2 Å². The number of anilines is 1. The van der Waals surface area contributed by atoms with E-state index in [-0.39, 0.29) is 5.82 Å². The van der Waals surface area contributed by atoms with Gasteiger partial charge in [-0.05, 0) is 18.2 Å². The highest BCUT2D eigenvalue weighted by Crippen LogP contribution is 2.26. The predicted molar refractivity (Wildman–Crippen MR) is 95.9 cm³/mol. The van der Waals surface area contributed by atoms with Crippen molar-refractivity contribution in [3.05, 3.63) is 48.5 Å². The standard InChI is InChI=1S/C18H13F3N6O2/c1-10-22-16(25-29-10)12-5-3-4-11(8-12)13-9-27-14(23-13)6-7-15(24-27)26(2)17(28)18(19,20)21/h3-9H,1-2H3. The molecule has 0 saturated carbocycles. The van der Waals surface area contributed by atoms with Crippen LogP contribution in [0.5, 0.6) is 0 Å². The summed E-state index contributed by atoms with van der Waals surface area (Å²) in [5, 5.41) is 7.94. The van der Waals surface area contributed by atoms with Gasteiger partial charge in [0.25, 0.3) is 0 Å². The van der Waals surface area contributed by atoms with Gasteiger partial charge in [0.1, 0.15) is 0 Å². The average molecular weight is 402 g/mol. The molecule has 0 aliphatic heterocycles. The van der Waals surface area contributed by atoms with E-state index in [0.717, 1.165) is 18.2 Å². The average Bonchev–Trinajstić information content (AvgIpc) is 3.31. The monoisotopic (exact) mass is 402 g/mol. The maximum absolute atomic E-state index is 12.6. The van der Waals surface area contributed by atoms with Crippen LogP contribution < -0.4 is 4.90 Å². The molecule has 3 aromatic heterocycles. The number of carbonyl (C=O) groups excluding carboxylic acids is 1. The fraction of sp³-hybridized carbons (Fsp3) is 0.167. The molecule has 1 amide bonds. The Morgan fingerprint density at radius 2 is 1.90 bits per heavy atom. The number of amides is 1. The van der Waals surface area contributed by atoms with Gasteiger partial charge in [0.2, 0.25) is 11.7 Å². The molecule has 148 valence electrons. The number of imidazole rings is 1. The van der Waals surface area contributed by atoms with E-state index in [1.807, 2.05) is 18.2 Å². The molecule has 11 heteroatoms. The van der Waals surface area contributed by atoms with E-state index >= 15 is 0 Å². The Morgan fingerprint density at radius 3 is 2.59 bits per heavy atom. The van der Waals surface area contributed by atoms with Gasteiger partial charge in [-0.1, -0.05) is 23.4 Å². The van der Waals surface area contributed by atoms with E-state index in [1.165, 1.54) is 16.6 Å². The molecule has 0 N–H and O–H groups in total. The van der Waals surface area contributed by atoms with Gasteiger partial charge in [0, 0.05) is 25.1 Å². The van der Waals surface area contributed by atoms with Gasteiger partial charge in [-0.25, -0.2) is 9.50 Å². The molecular weight excluding hydrogens is 389 g/mol. The Hall–Kier alpha value is -3.76. The van der Waals surface area contributed by atoms with Gasteiger partial charge < -0.3 is 4.52 Å². The zero-order chi connectivity index (χ0) is 20.8. The van der Waals surface area contributed by atoms with Crippen molar-refractivity contribution < 1.29 is 22.5 Å². The van der Waals surface area contributed by atoms with Gasteiger partial charge in [0.15, 0.2) is 11.5 Å². The summed E-state index contributed by atoms with van der Waals surface area (Å²) in [4.78, 5) is 20.5. The van der Waals surface area contributed by atoms with Crippen LogP contribution in [0.4, 0.5) is 19.0 Å². The normalized spacial score (nSPS) is 11.8. The second-order valence-electron chi connectivity index (χ2n) is 6.20. The molecule has 3 heterocycles. The third-order valence-corrected chi connectivity index (χ3v) is 4.14. The molecule has 4 aromatic rings. The first kappa shape index (κ1) is 18.6. The number of aryl methyl sites for hydroxylation is 1. The fourth-order valence-electron chi connectivity index (χ4n) is 2.72. The van der Waals surface area contributed by atoms with Crippen LogP contribution in [-0.2, 0) is 4.79 Å². The maximum atomic E-state index is 12.6. The summed E-state index contributed by atoms with van der Waals surface area (Å²) in [7, 11) is 1.01. The van der Waals surface area contributed by atoms with Crippen LogP contribution in [0.3, 0.4) is 0 Å². The zero-order valence-electron chi connectivity index (χ0n) is 15.2. The summed E-state index contributed by atoms with van der Waals surface area (Å²) >= 11 is 0. The van der Waals surface area contributed by atoms with Gasteiger partial charge >= 0.3 is 12.1 Å². The number of halogens is 3. The molecular formula is C18H13F3N6O2. The van der Waals surface area contributed by atoms with Gasteiger partial charge in [-0.2, -0.15) is 18.2 Å². The molecule has 0 saturated heterocycles. The summed E-state index contributed by atoms with van der Waals surface area (Å²) in [5.41, 5.74) is 2.41. The first-order valence-corrected chi connectivity index (χ1v) is 8.35. The minimum atomic E-state index is -4.99. The minimum absolute atomic E-state index is 0.153. The first-order valence-electron chi connectivity index (χ1n) is 8.35. The molecule has 1 aromatic carbocycles. The van der Waals surface area contributed by atoms with Gasteiger partial charge in [0.05, 0.1) is 11.9 Å². The van der Waals surface area contributed by atoms with Crippen LogP contribution in [0.1, 0.15) is 5.89 Å². The van der Waals surface area contributed by atoms with Gasteiger partial charge in [-0.3, -0.25) is 9.69 Å². The molecule has 0 fully saturated rings. The smallest absolute Gasteiger partial charge is 0.339 e. The second-order valence-corrected chi connectivity index (χ2v) is 6.20. The Bertz CT molecular complexity index is 1210. The molecule has 4 rings (SSSR count). The first-order chi connectivity index (χ1) is 13.7. The van der Waals surface area contributed by atoms with E-state index in [0.29, 0.717) is 28.0 Å². The fourth-order valence-corrected chi connectivity index (χ4v) is 2.72. The molecule has 29 heavy (non-hydrogen) atoms. The van der Waals surface area contributed by atoms with Crippen LogP contribution in [0.2, 0.25) is 0 Å². The molecule has 0 spiro atoms. The van der Waals surface area contributed by atoms with Crippen molar-refractivity contribution in [2.75, 3.05) is 11.9 Å². The van der Waals surface area contributed by atoms with E-state index in [9.17, 15) is 18.0 Å². The third kappa shape index (κ3) is 3.53. The lowest BCUT2D eigenvalue weighted by molar-refractivity contribution is -0.170. The summed E-state index contributed by atoms with van der Waals surface area (Å²) in [6, 6.07) is 10.0. The summed E-state index contributed by atoms with van der Waals surface area (Å²) in [6.45, 7) is 1.69. The Labute approximate surface area is 161 Å². The van der Waals surface area contributed by atoms with Crippen LogP contribution in [-0.4, -0.2) is 43.9 Å². The molecule has 0 aliphatic rings. The number of alkyl halides is 3. The maximum Gasteiger partial charge on any atom is 0.471 e. The number of aromatic nitrogens is 5. The van der Waals surface area contributed by atoms with E-state index in [4.69, 9.17) is 4.52 Å². The third-order valence-electron chi connectivity index (χ3n) is 4.14. The van der Waals surface area contributed by atoms with Crippen molar-refractivity contribution in [3.8, 4) is 22.6 Å². The second kappa shape index (κ2) is 6.69. The quantitative estimate of drug-likeness (QED) is 0.523. The van der Waals surface area contributed by atoms with E-state index < -0.39 is 12.1 Å². The molecule has 0 aliphatic carbocycles. The number of hydrogen-bond donors (Lipinski definition) is 0. The number of carbonyl (C=O) groups is 1. The lowest BCUT2D eigenvalue weighted by atomic mass is 10.1. The Balaban J connectivity index is 1.69. The highest BCUT2D eigenvalue weighted by molar-refractivity contribution is 5.96. The zero-order valence-corrected chi connectivity index (χ0v) is 15.2. The largest absolute Gasteiger partial charge is 0.471 e. The number of benzene rings is 1. The van der Waals surface area contributed by atoms with Gasteiger partial charge in [-0.15, -0.1) is 5.10 Å². The molecule has 0 unspecified atom stereocenters. The summed E-state index contributed by atoms with van der Waals surface area (Å²) < 4.78 is 44.3. The highest BCUT2D eigenvalue weighted by Gasteiger charge is 2.42. The topological polar surface area (TPSA) is 89.4 Å². The lowest BCUT2D eigenvalue weighted by Gasteiger charge is -2.17. The molecule has 0 bridgehead atoms. The minimum Gasteiger partial charge on any atom is -0.339 e. The van der Waals surface area contributed by atoms with Crippen molar-refractivity contribution >= 4 is 17.4 Å².